The second-order valence-corrected chi connectivity index (χ2v) is 4.84. The number of aromatic nitrogens is 2. The Morgan fingerprint density at radius 3 is 2.65 bits per heavy atom. The molecular formula is C13H17N3O. The van der Waals surface area contributed by atoms with Gasteiger partial charge in [-0.05, 0) is 32.9 Å². The van der Waals surface area contributed by atoms with E-state index in [9.17, 15) is 4.79 Å². The zero-order valence-electron chi connectivity index (χ0n) is 10.4. The predicted molar refractivity (Wildman–Crippen MR) is 69.1 cm³/mol. The Labute approximate surface area is 100 Å². The van der Waals surface area contributed by atoms with Crippen LogP contribution in [-0.4, -0.2) is 16.1 Å². The Balaban J connectivity index is 2.94. The van der Waals surface area contributed by atoms with E-state index in [0.717, 1.165) is 11.0 Å². The van der Waals surface area contributed by atoms with Crippen molar-refractivity contribution >= 4 is 11.0 Å². The minimum atomic E-state index is -0.412. The molecule has 0 aliphatic carbocycles. The zero-order chi connectivity index (χ0) is 12.6. The summed E-state index contributed by atoms with van der Waals surface area (Å²) >= 11 is 0. The molecule has 0 spiro atoms. The van der Waals surface area contributed by atoms with E-state index < -0.39 is 5.54 Å². The maximum absolute atomic E-state index is 12.2. The summed E-state index contributed by atoms with van der Waals surface area (Å²) < 4.78 is 1.74. The fourth-order valence-corrected chi connectivity index (χ4v) is 1.94. The zero-order valence-corrected chi connectivity index (χ0v) is 10.4. The molecule has 17 heavy (non-hydrogen) atoms. The van der Waals surface area contributed by atoms with E-state index in [1.165, 1.54) is 0 Å². The molecule has 0 saturated carbocycles. The molecule has 1 aromatic heterocycles. The van der Waals surface area contributed by atoms with Gasteiger partial charge in [0.2, 0.25) is 0 Å². The predicted octanol–water partition coefficient (Wildman–Crippen LogP) is 1.40. The minimum absolute atomic E-state index is 0.0702. The Hall–Kier alpha value is -1.68. The van der Waals surface area contributed by atoms with Crippen LogP contribution in [0.2, 0.25) is 0 Å². The summed E-state index contributed by atoms with van der Waals surface area (Å²) in [6.07, 6.45) is 0. The number of fused-ring (bicyclic) bond motifs is 1. The van der Waals surface area contributed by atoms with Crippen molar-refractivity contribution in [1.82, 2.24) is 9.55 Å². The number of hydrogen-bond donors (Lipinski definition) is 1. The molecule has 0 unspecified atom stereocenters. The van der Waals surface area contributed by atoms with Crippen molar-refractivity contribution in [2.45, 2.75) is 26.3 Å². The van der Waals surface area contributed by atoms with Gasteiger partial charge in [0.15, 0.2) is 0 Å². The lowest BCUT2D eigenvalue weighted by Crippen LogP contribution is -2.43. The number of nitrogens with two attached hydrogens (primary N) is 1. The summed E-state index contributed by atoms with van der Waals surface area (Å²) in [5.41, 5.74) is 7.45. The largest absolute Gasteiger partial charge is 0.328 e. The molecule has 90 valence electrons. The monoisotopic (exact) mass is 231 g/mol. The molecule has 0 amide bonds. The smallest absolute Gasteiger partial charge is 0.272 e. The maximum Gasteiger partial charge on any atom is 0.272 e. The van der Waals surface area contributed by atoms with Gasteiger partial charge in [0.1, 0.15) is 5.69 Å². The van der Waals surface area contributed by atoms with Crippen LogP contribution in [0.5, 0.6) is 0 Å². The molecule has 2 aromatic rings. The summed E-state index contributed by atoms with van der Waals surface area (Å²) in [5, 5.41) is 0. The highest BCUT2D eigenvalue weighted by atomic mass is 16.1. The molecule has 0 saturated heterocycles. The number of hydrogen-bond acceptors (Lipinski definition) is 3. The van der Waals surface area contributed by atoms with Crippen LogP contribution in [0.1, 0.15) is 19.5 Å². The summed E-state index contributed by atoms with van der Waals surface area (Å²) in [4.78, 5) is 16.5. The van der Waals surface area contributed by atoms with Crippen LogP contribution in [0.3, 0.4) is 0 Å². The van der Waals surface area contributed by atoms with Crippen molar-refractivity contribution in [3.8, 4) is 0 Å². The number of para-hydroxylation sites is 2. The lowest BCUT2D eigenvalue weighted by atomic mass is 10.0. The Kier molecular flexibility index (Phi) is 2.75. The van der Waals surface area contributed by atoms with Gasteiger partial charge < -0.3 is 5.73 Å². The first-order chi connectivity index (χ1) is 7.97. The van der Waals surface area contributed by atoms with Crippen LogP contribution in [-0.2, 0) is 5.54 Å². The fraction of sp³-hybridized carbons (Fsp3) is 0.385. The molecule has 1 heterocycles. The molecule has 0 bridgehead atoms. The Morgan fingerprint density at radius 1 is 1.35 bits per heavy atom. The standard InChI is InChI=1S/C13H17N3O/c1-9-12(17)16(13(2,3)8-14)11-7-5-4-6-10(11)15-9/h4-7H,8,14H2,1-3H3. The average molecular weight is 231 g/mol. The first-order valence-corrected chi connectivity index (χ1v) is 5.66. The second kappa shape index (κ2) is 3.96. The van der Waals surface area contributed by atoms with Gasteiger partial charge >= 0.3 is 0 Å². The summed E-state index contributed by atoms with van der Waals surface area (Å²) in [6, 6.07) is 7.63. The number of rotatable bonds is 2. The lowest BCUT2D eigenvalue weighted by Gasteiger charge is -2.27. The van der Waals surface area contributed by atoms with Crippen LogP contribution in [0, 0.1) is 6.92 Å². The van der Waals surface area contributed by atoms with Crippen LogP contribution < -0.4 is 11.3 Å². The number of aryl methyl sites for hydroxylation is 1. The van der Waals surface area contributed by atoms with Gasteiger partial charge in [0.05, 0.1) is 16.6 Å². The molecule has 0 aliphatic rings. The van der Waals surface area contributed by atoms with E-state index in [4.69, 9.17) is 5.73 Å². The summed E-state index contributed by atoms with van der Waals surface area (Å²) in [6.45, 7) is 6.05. The third-order valence-electron chi connectivity index (χ3n) is 3.03. The molecule has 0 aliphatic heterocycles. The van der Waals surface area contributed by atoms with Gasteiger partial charge in [-0.2, -0.15) is 0 Å². The molecular weight excluding hydrogens is 214 g/mol. The van der Waals surface area contributed by atoms with Crippen molar-refractivity contribution in [2.24, 2.45) is 5.73 Å². The third kappa shape index (κ3) is 1.85. The van der Waals surface area contributed by atoms with Crippen molar-refractivity contribution in [3.63, 3.8) is 0 Å². The number of benzene rings is 1. The second-order valence-electron chi connectivity index (χ2n) is 4.84. The van der Waals surface area contributed by atoms with Crippen molar-refractivity contribution in [3.05, 3.63) is 40.3 Å². The van der Waals surface area contributed by atoms with Crippen molar-refractivity contribution in [2.75, 3.05) is 6.54 Å². The van der Waals surface area contributed by atoms with Gasteiger partial charge in [-0.3, -0.25) is 9.36 Å². The van der Waals surface area contributed by atoms with E-state index in [1.807, 2.05) is 38.1 Å². The quantitative estimate of drug-likeness (QED) is 0.849. The van der Waals surface area contributed by atoms with Gasteiger partial charge in [0, 0.05) is 6.54 Å². The number of nitrogens with zero attached hydrogens (tertiary/aromatic N) is 2. The molecule has 2 rings (SSSR count). The molecule has 0 radical (unpaired) electrons. The van der Waals surface area contributed by atoms with Gasteiger partial charge in [-0.1, -0.05) is 12.1 Å². The van der Waals surface area contributed by atoms with Gasteiger partial charge in [0.25, 0.3) is 5.56 Å². The Morgan fingerprint density at radius 2 is 2.00 bits per heavy atom. The highest BCUT2D eigenvalue weighted by Crippen LogP contribution is 2.18. The van der Waals surface area contributed by atoms with E-state index in [-0.39, 0.29) is 5.56 Å². The first kappa shape index (κ1) is 11.8. The van der Waals surface area contributed by atoms with Gasteiger partial charge in [-0.25, -0.2) is 4.98 Å². The molecule has 0 fully saturated rings. The average Bonchev–Trinajstić information content (AvgIpc) is 2.30. The molecule has 2 N–H and O–H groups in total. The SMILES string of the molecule is Cc1nc2ccccc2n(C(C)(C)CN)c1=O. The maximum atomic E-state index is 12.2. The highest BCUT2D eigenvalue weighted by molar-refractivity contribution is 5.74. The van der Waals surface area contributed by atoms with E-state index in [0.29, 0.717) is 12.2 Å². The topological polar surface area (TPSA) is 60.9 Å². The van der Waals surface area contributed by atoms with Crippen LogP contribution in [0.4, 0.5) is 0 Å². The third-order valence-corrected chi connectivity index (χ3v) is 3.03. The molecule has 0 atom stereocenters. The highest BCUT2D eigenvalue weighted by Gasteiger charge is 2.22. The molecule has 1 aromatic carbocycles. The molecule has 4 nitrogen and oxygen atoms in total. The molecule has 4 heteroatoms. The fourth-order valence-electron chi connectivity index (χ4n) is 1.94. The first-order valence-electron chi connectivity index (χ1n) is 5.66. The van der Waals surface area contributed by atoms with Gasteiger partial charge in [-0.15, -0.1) is 0 Å². The van der Waals surface area contributed by atoms with Crippen LogP contribution in [0.25, 0.3) is 11.0 Å². The summed E-state index contributed by atoms with van der Waals surface area (Å²) in [5.74, 6) is 0. The van der Waals surface area contributed by atoms with E-state index >= 15 is 0 Å². The van der Waals surface area contributed by atoms with E-state index in [1.54, 1.807) is 11.5 Å². The van der Waals surface area contributed by atoms with E-state index in [2.05, 4.69) is 4.98 Å². The van der Waals surface area contributed by atoms with Crippen LogP contribution >= 0.6 is 0 Å². The van der Waals surface area contributed by atoms with Crippen LogP contribution in [0.15, 0.2) is 29.1 Å². The minimum Gasteiger partial charge on any atom is -0.328 e. The summed E-state index contributed by atoms with van der Waals surface area (Å²) in [7, 11) is 0. The Bertz CT molecular complexity index is 614. The van der Waals surface area contributed by atoms with Crippen molar-refractivity contribution in [1.29, 1.82) is 0 Å². The lowest BCUT2D eigenvalue weighted by molar-refractivity contribution is 0.366. The van der Waals surface area contributed by atoms with Crippen molar-refractivity contribution < 1.29 is 0 Å². The normalized spacial score (nSPS) is 12.0.